The molecule has 0 spiro atoms. The van der Waals surface area contributed by atoms with Gasteiger partial charge in [-0.3, -0.25) is 9.69 Å². The van der Waals surface area contributed by atoms with Crippen LogP contribution in [0.3, 0.4) is 0 Å². The van der Waals surface area contributed by atoms with E-state index in [-0.39, 0.29) is 31.2 Å². The summed E-state index contributed by atoms with van der Waals surface area (Å²) in [6.07, 6.45) is 3.66. The molecule has 3 aromatic rings. The van der Waals surface area contributed by atoms with Crippen LogP contribution in [-0.2, 0) is 27.2 Å². The molecule has 2 heterocycles. The Labute approximate surface area is 333 Å². The molecule has 2 unspecified atom stereocenters. The summed E-state index contributed by atoms with van der Waals surface area (Å²) in [7, 11) is 1.70. The number of amides is 2. The molecule has 9 nitrogen and oxygen atoms in total. The van der Waals surface area contributed by atoms with Crippen LogP contribution in [0.2, 0.25) is 15.1 Å². The third kappa shape index (κ3) is 9.84. The lowest BCUT2D eigenvalue weighted by molar-refractivity contribution is -0.129. The van der Waals surface area contributed by atoms with Crippen molar-refractivity contribution in [1.82, 2.24) is 15.1 Å². The molecule has 3 aromatic carbocycles. The van der Waals surface area contributed by atoms with E-state index in [1.54, 1.807) is 24.1 Å². The van der Waals surface area contributed by atoms with Crippen LogP contribution in [0.5, 0.6) is 11.5 Å². The summed E-state index contributed by atoms with van der Waals surface area (Å²) in [5.41, 5.74) is 4.78. The summed E-state index contributed by atoms with van der Waals surface area (Å²) in [5.74, 6) is 1.01. The fourth-order valence-corrected chi connectivity index (χ4v) is 8.11. The number of nitrogens with zero attached hydrogens (tertiary/aromatic N) is 2. The highest BCUT2D eigenvalue weighted by Crippen LogP contribution is 2.41. The van der Waals surface area contributed by atoms with Gasteiger partial charge in [0.15, 0.2) is 5.75 Å². The maximum atomic E-state index is 15.1. The third-order valence-corrected chi connectivity index (χ3v) is 10.8. The number of methoxy groups -OCH3 is 1. The molecule has 1 N–H and O–H groups in total. The maximum Gasteiger partial charge on any atom is 0.411 e. The number of nitrogens with one attached hydrogen (secondary N) is 1. The van der Waals surface area contributed by atoms with Crippen LogP contribution in [0, 0.1) is 6.92 Å². The number of hydrogen-bond donors (Lipinski definition) is 1. The zero-order valence-electron chi connectivity index (χ0n) is 31.7. The second kappa shape index (κ2) is 17.5. The molecule has 1 aliphatic carbocycles. The number of carbonyl (C=O) groups excluding carboxylic acids is 2. The van der Waals surface area contributed by atoms with Crippen molar-refractivity contribution in [2.45, 2.75) is 90.1 Å². The summed E-state index contributed by atoms with van der Waals surface area (Å²) in [5, 5.41) is 5.03. The van der Waals surface area contributed by atoms with E-state index >= 15 is 4.79 Å². The Morgan fingerprint density at radius 1 is 0.907 bits per heavy atom. The molecular formula is C42H50Cl3N3O6. The van der Waals surface area contributed by atoms with Crippen molar-refractivity contribution >= 4 is 52.4 Å². The lowest BCUT2D eigenvalue weighted by Crippen LogP contribution is -2.64. The zero-order valence-corrected chi connectivity index (χ0v) is 34.0. The summed E-state index contributed by atoms with van der Waals surface area (Å²) in [4.78, 5) is 32.7. The fourth-order valence-electron chi connectivity index (χ4n) is 7.23. The van der Waals surface area contributed by atoms with Gasteiger partial charge in [-0.15, -0.1) is 0 Å². The Morgan fingerprint density at radius 2 is 1.61 bits per heavy atom. The van der Waals surface area contributed by atoms with Crippen molar-refractivity contribution < 1.29 is 28.5 Å². The lowest BCUT2D eigenvalue weighted by Gasteiger charge is -2.48. The summed E-state index contributed by atoms with van der Waals surface area (Å²) < 4.78 is 23.0. The van der Waals surface area contributed by atoms with Crippen molar-refractivity contribution in [1.29, 1.82) is 0 Å². The number of fused-ring (bicyclic) bond motifs is 2. The van der Waals surface area contributed by atoms with Crippen LogP contribution >= 0.6 is 34.8 Å². The van der Waals surface area contributed by atoms with E-state index in [1.165, 1.54) is 0 Å². The van der Waals surface area contributed by atoms with Gasteiger partial charge in [0.25, 0.3) is 5.91 Å². The molecule has 12 heteroatoms. The zero-order chi connectivity index (χ0) is 38.6. The number of halogens is 3. The van der Waals surface area contributed by atoms with Gasteiger partial charge < -0.3 is 29.2 Å². The number of rotatable bonds is 14. The van der Waals surface area contributed by atoms with Gasteiger partial charge in [-0.2, -0.15) is 0 Å². The smallest absolute Gasteiger partial charge is 0.411 e. The SMILES string of the molecule is COCCCc1ccc(Cl)c(CN(C(=O)C2=C(c3ccc(OCCOc4c(Cl)cc(C)cc4Cl)cc3)CC3CNCC2N3C(=O)OC(C)(C)C)C2CC2)c1. The quantitative estimate of drug-likeness (QED) is 0.163. The van der Waals surface area contributed by atoms with Crippen molar-refractivity contribution in [2.75, 3.05) is 40.0 Å². The van der Waals surface area contributed by atoms with E-state index in [4.69, 9.17) is 53.8 Å². The molecule has 0 aromatic heterocycles. The van der Waals surface area contributed by atoms with Gasteiger partial charge in [-0.25, -0.2) is 4.79 Å². The van der Waals surface area contributed by atoms with Crippen molar-refractivity contribution in [3.05, 3.63) is 97.5 Å². The number of benzene rings is 3. The molecule has 2 amide bonds. The predicted molar refractivity (Wildman–Crippen MR) is 214 cm³/mol. The number of hydrogen-bond acceptors (Lipinski definition) is 7. The van der Waals surface area contributed by atoms with Crippen molar-refractivity contribution in [3.63, 3.8) is 0 Å². The second-order valence-electron chi connectivity index (χ2n) is 15.3. The van der Waals surface area contributed by atoms with E-state index < -0.39 is 17.7 Å². The molecular weight excluding hydrogens is 749 g/mol. The molecule has 1 saturated carbocycles. The van der Waals surface area contributed by atoms with Crippen LogP contribution in [0.25, 0.3) is 5.57 Å². The largest absolute Gasteiger partial charge is 0.490 e. The molecule has 6 rings (SSSR count). The monoisotopic (exact) mass is 797 g/mol. The Bertz CT molecular complexity index is 1830. The normalized spacial score (nSPS) is 18.4. The van der Waals surface area contributed by atoms with E-state index in [0.29, 0.717) is 64.8 Å². The average Bonchev–Trinajstić information content (AvgIpc) is 3.95. The fraction of sp³-hybridized carbons (Fsp3) is 0.476. The second-order valence-corrected chi connectivity index (χ2v) is 16.5. The van der Waals surface area contributed by atoms with Gasteiger partial charge in [0.05, 0.1) is 22.1 Å². The number of piperazine rings is 1. The Morgan fingerprint density at radius 3 is 2.28 bits per heavy atom. The van der Waals surface area contributed by atoms with E-state index in [0.717, 1.165) is 53.5 Å². The summed E-state index contributed by atoms with van der Waals surface area (Å²) >= 11 is 19.5. The Kier molecular flexibility index (Phi) is 13.1. The molecule has 1 saturated heterocycles. The first-order chi connectivity index (χ1) is 25.8. The van der Waals surface area contributed by atoms with Gasteiger partial charge >= 0.3 is 6.09 Å². The number of aryl methyl sites for hydroxylation is 2. The molecule has 54 heavy (non-hydrogen) atoms. The molecule has 2 bridgehead atoms. The molecule has 3 aliphatic rings. The molecule has 2 atom stereocenters. The first-order valence-corrected chi connectivity index (χ1v) is 19.8. The van der Waals surface area contributed by atoms with Gasteiger partial charge in [-0.1, -0.05) is 59.1 Å². The first kappa shape index (κ1) is 40.2. The Balaban J connectivity index is 1.28. The molecule has 290 valence electrons. The average molecular weight is 799 g/mol. The summed E-state index contributed by atoms with van der Waals surface area (Å²) in [6, 6.07) is 16.8. The van der Waals surface area contributed by atoms with Gasteiger partial charge in [0.1, 0.15) is 24.6 Å². The van der Waals surface area contributed by atoms with Crippen LogP contribution < -0.4 is 14.8 Å². The first-order valence-electron chi connectivity index (χ1n) is 18.7. The highest BCUT2D eigenvalue weighted by Gasteiger charge is 2.47. The van der Waals surface area contributed by atoms with E-state index in [1.807, 2.05) is 69.0 Å². The van der Waals surface area contributed by atoms with Gasteiger partial charge in [-0.05, 0) is 118 Å². The van der Waals surface area contributed by atoms with Crippen LogP contribution in [-0.4, -0.2) is 85.5 Å². The minimum absolute atomic E-state index is 0.0834. The topological polar surface area (TPSA) is 89.6 Å². The minimum atomic E-state index is -0.683. The molecule has 2 aliphatic heterocycles. The lowest BCUT2D eigenvalue weighted by atomic mass is 9.82. The Hall–Kier alpha value is -3.47. The van der Waals surface area contributed by atoms with Crippen LogP contribution in [0.15, 0.2) is 60.2 Å². The molecule has 2 fully saturated rings. The van der Waals surface area contributed by atoms with Crippen LogP contribution in [0.1, 0.15) is 68.7 Å². The maximum absolute atomic E-state index is 15.1. The van der Waals surface area contributed by atoms with Crippen molar-refractivity contribution in [3.8, 4) is 11.5 Å². The summed E-state index contributed by atoms with van der Waals surface area (Å²) in [6.45, 7) is 10.1. The third-order valence-electron chi connectivity index (χ3n) is 9.84. The number of carbonyl (C=O) groups is 2. The highest BCUT2D eigenvalue weighted by molar-refractivity contribution is 6.37. The van der Waals surface area contributed by atoms with Gasteiger partial charge in [0, 0.05) is 50.0 Å². The van der Waals surface area contributed by atoms with Crippen molar-refractivity contribution in [2.24, 2.45) is 0 Å². The standard InChI is InChI=1S/C42H50Cl3N3O6/c1-26-19-35(44)39(36(45)20-26)53-18-17-52-32-13-9-28(10-14-32)33-22-31-23-46-24-37(48(31)41(50)54-42(2,3)4)38(33)40(49)47(30-11-12-30)25-29-21-27(7-6-16-51-5)8-15-34(29)43/h8-10,13-15,19-21,30-31,37,46H,6-7,11-12,16-18,22-25H2,1-5H3. The molecule has 0 radical (unpaired) electrons. The van der Waals surface area contributed by atoms with E-state index in [9.17, 15) is 4.79 Å². The minimum Gasteiger partial charge on any atom is -0.490 e. The van der Waals surface area contributed by atoms with Gasteiger partial charge in [0.2, 0.25) is 0 Å². The highest BCUT2D eigenvalue weighted by atomic mass is 35.5. The number of ether oxygens (including phenoxy) is 4. The predicted octanol–water partition coefficient (Wildman–Crippen LogP) is 8.92. The van der Waals surface area contributed by atoms with Crippen LogP contribution in [0.4, 0.5) is 4.79 Å². The van der Waals surface area contributed by atoms with E-state index in [2.05, 4.69) is 11.4 Å².